The van der Waals surface area contributed by atoms with E-state index in [2.05, 4.69) is 0 Å². The quantitative estimate of drug-likeness (QED) is 0.752. The van der Waals surface area contributed by atoms with Crippen LogP contribution in [-0.4, -0.2) is 7.11 Å². The molecule has 2 aromatic carbocycles. The average Bonchev–Trinajstić information content (AvgIpc) is 2.37. The van der Waals surface area contributed by atoms with Gasteiger partial charge in [-0.25, -0.2) is 0 Å². The minimum atomic E-state index is -4.39. The number of alkyl halides is 3. The molecule has 0 unspecified atom stereocenters. The third-order valence-electron chi connectivity index (χ3n) is 2.68. The average molecular weight is 287 g/mol. The van der Waals surface area contributed by atoms with Crippen molar-refractivity contribution in [3.05, 3.63) is 53.1 Å². The molecular weight excluding hydrogens is 277 g/mol. The van der Waals surface area contributed by atoms with E-state index < -0.39 is 11.7 Å². The molecule has 0 spiro atoms. The minimum Gasteiger partial charge on any atom is -0.497 e. The SMILES string of the molecule is COc1cccc(-c2ccc(C(F)(F)F)cc2Cl)c1. The molecular formula is C14H10ClF3O. The van der Waals surface area contributed by atoms with Gasteiger partial charge in [0.05, 0.1) is 12.7 Å². The first kappa shape index (κ1) is 13.7. The molecule has 0 radical (unpaired) electrons. The summed E-state index contributed by atoms with van der Waals surface area (Å²) in [4.78, 5) is 0. The Kier molecular flexibility index (Phi) is 3.71. The third-order valence-corrected chi connectivity index (χ3v) is 2.99. The fourth-order valence-corrected chi connectivity index (χ4v) is 2.01. The summed E-state index contributed by atoms with van der Waals surface area (Å²) in [5, 5.41) is 0.0584. The van der Waals surface area contributed by atoms with Crippen LogP contribution in [0.25, 0.3) is 11.1 Å². The van der Waals surface area contributed by atoms with Crippen molar-refractivity contribution in [3.63, 3.8) is 0 Å². The molecule has 0 aromatic heterocycles. The Bertz CT molecular complexity index is 593. The van der Waals surface area contributed by atoms with Crippen LogP contribution in [0.2, 0.25) is 5.02 Å². The molecule has 0 aliphatic carbocycles. The molecule has 100 valence electrons. The number of hydrogen-bond acceptors (Lipinski definition) is 1. The highest BCUT2D eigenvalue weighted by Gasteiger charge is 2.30. The van der Waals surface area contributed by atoms with Crippen molar-refractivity contribution in [2.75, 3.05) is 7.11 Å². The smallest absolute Gasteiger partial charge is 0.416 e. The van der Waals surface area contributed by atoms with Gasteiger partial charge in [0, 0.05) is 10.6 Å². The molecule has 0 saturated carbocycles. The van der Waals surface area contributed by atoms with Crippen molar-refractivity contribution < 1.29 is 17.9 Å². The van der Waals surface area contributed by atoms with E-state index in [9.17, 15) is 13.2 Å². The Balaban J connectivity index is 2.46. The van der Waals surface area contributed by atoms with E-state index >= 15 is 0 Å². The van der Waals surface area contributed by atoms with Gasteiger partial charge in [-0.2, -0.15) is 13.2 Å². The summed E-state index contributed by atoms with van der Waals surface area (Å²) >= 11 is 5.92. The predicted octanol–water partition coefficient (Wildman–Crippen LogP) is 5.03. The van der Waals surface area contributed by atoms with Gasteiger partial charge in [0.2, 0.25) is 0 Å². The van der Waals surface area contributed by atoms with Gasteiger partial charge in [-0.1, -0.05) is 29.8 Å². The summed E-state index contributed by atoms with van der Waals surface area (Å²) in [5.41, 5.74) is 0.482. The molecule has 2 aromatic rings. The Morgan fingerprint density at radius 3 is 2.37 bits per heavy atom. The van der Waals surface area contributed by atoms with Crippen LogP contribution >= 0.6 is 11.6 Å². The second kappa shape index (κ2) is 5.13. The van der Waals surface area contributed by atoms with Gasteiger partial charge >= 0.3 is 6.18 Å². The Hall–Kier alpha value is -1.68. The van der Waals surface area contributed by atoms with Gasteiger partial charge in [0.15, 0.2) is 0 Å². The normalized spacial score (nSPS) is 11.4. The van der Waals surface area contributed by atoms with E-state index in [1.54, 1.807) is 24.3 Å². The van der Waals surface area contributed by atoms with Crippen LogP contribution in [0.1, 0.15) is 5.56 Å². The molecule has 19 heavy (non-hydrogen) atoms. The van der Waals surface area contributed by atoms with Crippen LogP contribution in [-0.2, 0) is 6.18 Å². The summed E-state index contributed by atoms with van der Waals surface area (Å²) in [6.07, 6.45) is -4.39. The Morgan fingerprint density at radius 2 is 1.79 bits per heavy atom. The van der Waals surface area contributed by atoms with E-state index in [1.165, 1.54) is 13.2 Å². The fraction of sp³-hybridized carbons (Fsp3) is 0.143. The van der Waals surface area contributed by atoms with Crippen molar-refractivity contribution in [2.45, 2.75) is 6.18 Å². The summed E-state index contributed by atoms with van der Waals surface area (Å²) < 4.78 is 42.7. The van der Waals surface area contributed by atoms with Gasteiger partial charge in [0.25, 0.3) is 0 Å². The summed E-state index contributed by atoms with van der Waals surface area (Å²) in [5.74, 6) is 0.619. The number of hydrogen-bond donors (Lipinski definition) is 0. The lowest BCUT2D eigenvalue weighted by atomic mass is 10.0. The van der Waals surface area contributed by atoms with Gasteiger partial charge in [0.1, 0.15) is 5.75 Å². The highest BCUT2D eigenvalue weighted by molar-refractivity contribution is 6.33. The molecule has 1 nitrogen and oxygen atoms in total. The number of rotatable bonds is 2. The zero-order chi connectivity index (χ0) is 14.0. The summed E-state index contributed by atoms with van der Waals surface area (Å²) in [7, 11) is 1.52. The highest BCUT2D eigenvalue weighted by atomic mass is 35.5. The highest BCUT2D eigenvalue weighted by Crippen LogP contribution is 2.36. The molecule has 0 heterocycles. The van der Waals surface area contributed by atoms with E-state index in [-0.39, 0.29) is 5.02 Å². The zero-order valence-electron chi connectivity index (χ0n) is 9.96. The molecule has 0 saturated heterocycles. The molecule has 5 heteroatoms. The van der Waals surface area contributed by atoms with Gasteiger partial charge in [-0.15, -0.1) is 0 Å². The lowest BCUT2D eigenvalue weighted by molar-refractivity contribution is -0.137. The van der Waals surface area contributed by atoms with Crippen molar-refractivity contribution >= 4 is 11.6 Å². The number of benzene rings is 2. The van der Waals surface area contributed by atoms with Crippen LogP contribution in [0.4, 0.5) is 13.2 Å². The van der Waals surface area contributed by atoms with Crippen LogP contribution in [0.5, 0.6) is 5.75 Å². The molecule has 0 N–H and O–H groups in total. The minimum absolute atomic E-state index is 0.0584. The van der Waals surface area contributed by atoms with Crippen molar-refractivity contribution in [1.29, 1.82) is 0 Å². The third kappa shape index (κ3) is 3.01. The largest absolute Gasteiger partial charge is 0.497 e. The monoisotopic (exact) mass is 286 g/mol. The number of halogens is 4. The van der Waals surface area contributed by atoms with Crippen LogP contribution in [0.15, 0.2) is 42.5 Å². The summed E-state index contributed by atoms with van der Waals surface area (Å²) in [6.45, 7) is 0. The number of ether oxygens (including phenoxy) is 1. The van der Waals surface area contributed by atoms with Crippen LogP contribution in [0.3, 0.4) is 0 Å². The first-order chi connectivity index (χ1) is 8.91. The first-order valence-electron chi connectivity index (χ1n) is 5.43. The second-order valence-electron chi connectivity index (χ2n) is 3.92. The molecule has 2 rings (SSSR count). The van der Waals surface area contributed by atoms with Crippen molar-refractivity contribution in [3.8, 4) is 16.9 Å². The lowest BCUT2D eigenvalue weighted by Crippen LogP contribution is -2.04. The van der Waals surface area contributed by atoms with E-state index in [1.807, 2.05) is 0 Å². The fourth-order valence-electron chi connectivity index (χ4n) is 1.72. The maximum absolute atomic E-state index is 12.5. The van der Waals surface area contributed by atoms with Crippen LogP contribution < -0.4 is 4.74 Å². The maximum Gasteiger partial charge on any atom is 0.416 e. The molecule has 0 bridgehead atoms. The molecule has 0 amide bonds. The molecule has 0 atom stereocenters. The predicted molar refractivity (Wildman–Crippen MR) is 68.4 cm³/mol. The van der Waals surface area contributed by atoms with Gasteiger partial charge in [-0.3, -0.25) is 0 Å². The topological polar surface area (TPSA) is 9.23 Å². The van der Waals surface area contributed by atoms with E-state index in [4.69, 9.17) is 16.3 Å². The maximum atomic E-state index is 12.5. The number of methoxy groups -OCH3 is 1. The van der Waals surface area contributed by atoms with E-state index in [0.717, 1.165) is 12.1 Å². The zero-order valence-corrected chi connectivity index (χ0v) is 10.7. The van der Waals surface area contributed by atoms with Gasteiger partial charge in [-0.05, 0) is 29.8 Å². The molecule has 0 fully saturated rings. The standard InChI is InChI=1S/C14H10ClF3O/c1-19-11-4-2-3-9(7-11)12-6-5-10(8-13(12)15)14(16,17)18/h2-8H,1H3. The molecule has 0 aliphatic heterocycles. The summed E-state index contributed by atoms with van der Waals surface area (Å²) in [6, 6.07) is 10.3. The van der Waals surface area contributed by atoms with Crippen molar-refractivity contribution in [1.82, 2.24) is 0 Å². The Morgan fingerprint density at radius 1 is 1.05 bits per heavy atom. The first-order valence-corrected chi connectivity index (χ1v) is 5.81. The van der Waals surface area contributed by atoms with E-state index in [0.29, 0.717) is 16.9 Å². The van der Waals surface area contributed by atoms with Gasteiger partial charge < -0.3 is 4.74 Å². The van der Waals surface area contributed by atoms with Crippen molar-refractivity contribution in [2.24, 2.45) is 0 Å². The van der Waals surface area contributed by atoms with Crippen LogP contribution in [0, 0.1) is 0 Å². The lowest BCUT2D eigenvalue weighted by Gasteiger charge is -2.10. The molecule has 0 aliphatic rings. The Labute approximate surface area is 113 Å². The second-order valence-corrected chi connectivity index (χ2v) is 4.33.